The fourth-order valence-corrected chi connectivity index (χ4v) is 3.79. The van der Waals surface area contributed by atoms with Gasteiger partial charge in [0.25, 0.3) is 0 Å². The Morgan fingerprint density at radius 2 is 1.39 bits per heavy atom. The fourth-order valence-electron chi connectivity index (χ4n) is 1.80. The van der Waals surface area contributed by atoms with Crippen LogP contribution in [0.4, 0.5) is 0 Å². The third-order valence-corrected chi connectivity index (χ3v) is 14.8. The molecular weight excluding hydrogens is 380 g/mol. The molecule has 0 saturated heterocycles. The van der Waals surface area contributed by atoms with E-state index in [0.717, 1.165) is 5.75 Å². The van der Waals surface area contributed by atoms with Crippen LogP contribution in [0.3, 0.4) is 0 Å². The molecule has 0 radical (unpaired) electrons. The molecule has 2 aromatic rings. The second-order valence-corrected chi connectivity index (χ2v) is 19.8. The molecule has 0 fully saturated rings. The van der Waals surface area contributed by atoms with Crippen molar-refractivity contribution >= 4 is 16.6 Å². The van der Waals surface area contributed by atoms with Gasteiger partial charge in [0.05, 0.1) is 12.9 Å². The van der Waals surface area contributed by atoms with Crippen LogP contribution in [0.1, 0.15) is 47.1 Å². The minimum Gasteiger partial charge on any atom is -0.544 e. The van der Waals surface area contributed by atoms with Gasteiger partial charge in [0.1, 0.15) is 5.75 Å². The standard InChI is InChI=1S/C19H36O2Si2.C3H4N2/c1-18(2,3)22(7,8)20-15-16-11-13-17(14-12-16)21-23(9,10)19(4,5)6;1-2-5-3-4-1/h11-14H,15H2,1-10H3;1-3H,(H,4,5). The summed E-state index contributed by atoms with van der Waals surface area (Å²) in [5, 5.41) is 0.468. The second-order valence-electron chi connectivity index (χ2n) is 10.3. The molecule has 0 atom stereocenters. The van der Waals surface area contributed by atoms with Gasteiger partial charge in [0, 0.05) is 12.4 Å². The number of aromatic nitrogens is 2. The molecule has 1 aromatic heterocycles. The molecule has 4 nitrogen and oxygen atoms in total. The van der Waals surface area contributed by atoms with E-state index in [1.54, 1.807) is 18.7 Å². The van der Waals surface area contributed by atoms with Crippen molar-refractivity contribution in [3.8, 4) is 5.75 Å². The first kappa shape index (κ1) is 24.7. The zero-order valence-corrected chi connectivity index (χ0v) is 21.5. The molecule has 1 heterocycles. The summed E-state index contributed by atoms with van der Waals surface area (Å²) in [6, 6.07) is 8.45. The highest BCUT2D eigenvalue weighted by Crippen LogP contribution is 2.38. The molecule has 1 N–H and O–H groups in total. The van der Waals surface area contributed by atoms with E-state index in [2.05, 4.69) is 102 Å². The quantitative estimate of drug-likeness (QED) is 0.529. The first-order valence-electron chi connectivity index (χ1n) is 10.0. The van der Waals surface area contributed by atoms with Gasteiger partial charge in [-0.25, -0.2) is 4.98 Å². The maximum Gasteiger partial charge on any atom is 0.250 e. The van der Waals surface area contributed by atoms with E-state index in [-0.39, 0.29) is 10.1 Å². The minimum absolute atomic E-state index is 0.219. The lowest BCUT2D eigenvalue weighted by Gasteiger charge is -2.37. The second kappa shape index (κ2) is 9.41. The number of nitrogens with one attached hydrogen (secondary N) is 1. The van der Waals surface area contributed by atoms with Crippen molar-refractivity contribution in [2.75, 3.05) is 0 Å². The summed E-state index contributed by atoms with van der Waals surface area (Å²) in [7, 11) is -3.45. The summed E-state index contributed by atoms with van der Waals surface area (Å²) >= 11 is 0. The van der Waals surface area contributed by atoms with Gasteiger partial charge in [-0.15, -0.1) is 0 Å². The number of hydrogen-bond acceptors (Lipinski definition) is 3. The lowest BCUT2D eigenvalue weighted by molar-refractivity contribution is 0.276. The summed E-state index contributed by atoms with van der Waals surface area (Å²) in [6.45, 7) is 23.5. The number of benzene rings is 1. The molecule has 28 heavy (non-hydrogen) atoms. The van der Waals surface area contributed by atoms with Gasteiger partial charge in [-0.05, 0) is 54.0 Å². The number of H-pyrrole nitrogens is 1. The van der Waals surface area contributed by atoms with E-state index in [4.69, 9.17) is 8.85 Å². The van der Waals surface area contributed by atoms with Crippen LogP contribution in [0.2, 0.25) is 36.3 Å². The smallest absolute Gasteiger partial charge is 0.250 e. The predicted octanol–water partition coefficient (Wildman–Crippen LogP) is 7.00. The van der Waals surface area contributed by atoms with E-state index < -0.39 is 16.6 Å². The van der Waals surface area contributed by atoms with Crippen LogP contribution < -0.4 is 4.43 Å². The minimum atomic E-state index is -1.76. The molecular formula is C22H40N2O2Si2. The average molecular weight is 421 g/mol. The third kappa shape index (κ3) is 7.56. The van der Waals surface area contributed by atoms with Crippen molar-refractivity contribution in [1.29, 1.82) is 0 Å². The Kier molecular flexibility index (Phi) is 8.29. The Balaban J connectivity index is 0.000000674. The van der Waals surface area contributed by atoms with Crippen molar-refractivity contribution < 1.29 is 8.85 Å². The highest BCUT2D eigenvalue weighted by Gasteiger charge is 2.39. The van der Waals surface area contributed by atoms with Gasteiger partial charge >= 0.3 is 0 Å². The summed E-state index contributed by atoms with van der Waals surface area (Å²) in [5.74, 6) is 0.979. The zero-order chi connectivity index (χ0) is 21.6. The molecule has 0 saturated carbocycles. The highest BCUT2D eigenvalue weighted by atomic mass is 28.4. The van der Waals surface area contributed by atoms with E-state index in [1.807, 2.05) is 0 Å². The largest absolute Gasteiger partial charge is 0.544 e. The SMILES string of the molecule is CC(C)(C)[Si](C)(C)OCc1ccc(O[Si](C)(C)C(C)(C)C)cc1.c1c[nH]cn1. The topological polar surface area (TPSA) is 47.1 Å². The van der Waals surface area contributed by atoms with Crippen molar-refractivity contribution in [2.24, 2.45) is 0 Å². The Bertz CT molecular complexity index is 666. The molecule has 0 aliphatic carbocycles. The van der Waals surface area contributed by atoms with E-state index >= 15 is 0 Å². The van der Waals surface area contributed by atoms with Gasteiger partial charge in [0.2, 0.25) is 8.32 Å². The summed E-state index contributed by atoms with van der Waals surface area (Å²) in [6.07, 6.45) is 5.08. The zero-order valence-electron chi connectivity index (χ0n) is 19.5. The number of aromatic amines is 1. The number of hydrogen-bond donors (Lipinski definition) is 1. The molecule has 0 spiro atoms. The number of nitrogens with zero attached hydrogens (tertiary/aromatic N) is 1. The third-order valence-electron chi connectivity index (χ3n) is 5.91. The van der Waals surface area contributed by atoms with Crippen LogP contribution in [0, 0.1) is 0 Å². The van der Waals surface area contributed by atoms with Crippen LogP contribution >= 0.6 is 0 Å². The van der Waals surface area contributed by atoms with Gasteiger partial charge in [-0.3, -0.25) is 0 Å². The van der Waals surface area contributed by atoms with Gasteiger partial charge in [0.15, 0.2) is 8.32 Å². The van der Waals surface area contributed by atoms with Gasteiger partial charge in [-0.2, -0.15) is 0 Å². The fraction of sp³-hybridized carbons (Fsp3) is 0.591. The Labute approximate surface area is 174 Å². The molecule has 0 amide bonds. The van der Waals surface area contributed by atoms with Crippen molar-refractivity contribution in [1.82, 2.24) is 9.97 Å². The first-order chi connectivity index (χ1) is 12.7. The molecule has 158 valence electrons. The van der Waals surface area contributed by atoms with Crippen LogP contribution in [-0.2, 0) is 11.0 Å². The lowest BCUT2D eigenvalue weighted by atomic mass is 10.2. The average Bonchev–Trinajstić information content (AvgIpc) is 3.11. The highest BCUT2D eigenvalue weighted by molar-refractivity contribution is 6.75. The van der Waals surface area contributed by atoms with Gasteiger partial charge < -0.3 is 13.8 Å². The van der Waals surface area contributed by atoms with Crippen LogP contribution in [-0.4, -0.2) is 26.6 Å². The van der Waals surface area contributed by atoms with Crippen LogP contribution in [0.15, 0.2) is 43.0 Å². The molecule has 1 aromatic carbocycles. The molecule has 2 rings (SSSR count). The predicted molar refractivity (Wildman–Crippen MR) is 125 cm³/mol. The molecule has 0 bridgehead atoms. The molecule has 6 heteroatoms. The molecule has 0 aliphatic heterocycles. The van der Waals surface area contributed by atoms with Crippen molar-refractivity contribution in [3.63, 3.8) is 0 Å². The Morgan fingerprint density at radius 3 is 1.75 bits per heavy atom. The van der Waals surface area contributed by atoms with E-state index in [9.17, 15) is 0 Å². The Hall–Kier alpha value is -1.38. The van der Waals surface area contributed by atoms with Crippen molar-refractivity contribution in [2.45, 2.75) is 84.4 Å². The summed E-state index contributed by atoms with van der Waals surface area (Å²) in [5.41, 5.74) is 1.22. The maximum absolute atomic E-state index is 6.33. The normalized spacial score (nSPS) is 12.9. The maximum atomic E-state index is 6.33. The number of rotatable bonds is 5. The van der Waals surface area contributed by atoms with Gasteiger partial charge in [-0.1, -0.05) is 53.7 Å². The summed E-state index contributed by atoms with van der Waals surface area (Å²) < 4.78 is 12.6. The van der Waals surface area contributed by atoms with Crippen LogP contribution in [0.5, 0.6) is 5.75 Å². The molecule has 0 aliphatic rings. The monoisotopic (exact) mass is 420 g/mol. The first-order valence-corrected chi connectivity index (χ1v) is 15.8. The lowest BCUT2D eigenvalue weighted by Crippen LogP contribution is -2.43. The number of imidazole rings is 1. The molecule has 0 unspecified atom stereocenters. The Morgan fingerprint density at radius 1 is 0.857 bits per heavy atom. The van der Waals surface area contributed by atoms with Crippen LogP contribution in [0.25, 0.3) is 0 Å². The van der Waals surface area contributed by atoms with E-state index in [0.29, 0.717) is 6.61 Å². The van der Waals surface area contributed by atoms with Crippen molar-refractivity contribution in [3.05, 3.63) is 48.5 Å². The summed E-state index contributed by atoms with van der Waals surface area (Å²) in [4.78, 5) is 6.42. The van der Waals surface area contributed by atoms with E-state index in [1.165, 1.54) is 5.56 Å².